The van der Waals surface area contributed by atoms with Crippen LogP contribution in [0, 0.1) is 18.8 Å². The van der Waals surface area contributed by atoms with Gasteiger partial charge in [-0.2, -0.15) is 0 Å². The molecule has 0 bridgehead atoms. The zero-order valence-electron chi connectivity index (χ0n) is 13.9. The molecule has 0 saturated carbocycles. The summed E-state index contributed by atoms with van der Waals surface area (Å²) >= 11 is 0. The summed E-state index contributed by atoms with van der Waals surface area (Å²) in [5.74, 6) is -1.14. The van der Waals surface area contributed by atoms with Gasteiger partial charge in [-0.1, -0.05) is 19.9 Å². The lowest BCUT2D eigenvalue weighted by Crippen LogP contribution is -2.27. The molecule has 1 saturated heterocycles. The highest BCUT2D eigenvalue weighted by Crippen LogP contribution is 2.30. The number of amides is 2. The number of nitrogens with zero attached hydrogens (tertiary/aromatic N) is 1. The van der Waals surface area contributed by atoms with E-state index in [0.29, 0.717) is 17.9 Å². The van der Waals surface area contributed by atoms with Gasteiger partial charge in [-0.05, 0) is 24.6 Å². The van der Waals surface area contributed by atoms with Crippen molar-refractivity contribution >= 4 is 29.2 Å². The zero-order valence-corrected chi connectivity index (χ0v) is 13.9. The predicted octanol–water partition coefficient (Wildman–Crippen LogP) is 2.12. The van der Waals surface area contributed by atoms with E-state index in [4.69, 9.17) is 4.74 Å². The summed E-state index contributed by atoms with van der Waals surface area (Å²) in [7, 11) is 1.32. The molecule has 0 spiro atoms. The summed E-state index contributed by atoms with van der Waals surface area (Å²) < 4.78 is 4.72. The van der Waals surface area contributed by atoms with E-state index in [1.165, 1.54) is 7.11 Å². The van der Waals surface area contributed by atoms with Gasteiger partial charge in [0.15, 0.2) is 0 Å². The fourth-order valence-electron chi connectivity index (χ4n) is 2.53. The van der Waals surface area contributed by atoms with Crippen LogP contribution in [0.25, 0.3) is 0 Å². The molecule has 1 fully saturated rings. The molecule has 1 aliphatic rings. The minimum atomic E-state index is -0.444. The van der Waals surface area contributed by atoms with Crippen LogP contribution < -0.4 is 10.2 Å². The number of benzene rings is 1. The van der Waals surface area contributed by atoms with E-state index in [2.05, 4.69) is 5.32 Å². The van der Waals surface area contributed by atoms with Crippen molar-refractivity contribution in [3.8, 4) is 0 Å². The Balaban J connectivity index is 2.24. The van der Waals surface area contributed by atoms with E-state index in [1.807, 2.05) is 26.8 Å². The average Bonchev–Trinajstić information content (AvgIpc) is 2.90. The van der Waals surface area contributed by atoms with Crippen molar-refractivity contribution in [3.63, 3.8) is 0 Å². The lowest BCUT2D eigenvalue weighted by atomic mass is 10.1. The van der Waals surface area contributed by atoms with Gasteiger partial charge in [-0.15, -0.1) is 0 Å². The highest BCUT2D eigenvalue weighted by atomic mass is 16.5. The minimum absolute atomic E-state index is 0.0833. The van der Waals surface area contributed by atoms with Gasteiger partial charge in [0, 0.05) is 30.3 Å². The molecule has 1 atom stereocenters. The molecule has 0 radical (unpaired) electrons. The molecule has 2 amide bonds. The second-order valence-corrected chi connectivity index (χ2v) is 6.07. The topological polar surface area (TPSA) is 75.7 Å². The third-order valence-corrected chi connectivity index (χ3v) is 3.95. The maximum Gasteiger partial charge on any atom is 0.311 e. The summed E-state index contributed by atoms with van der Waals surface area (Å²) in [6.07, 6.45) is 0.148. The number of aryl methyl sites for hydroxylation is 1. The largest absolute Gasteiger partial charge is 0.469 e. The SMILES string of the molecule is COC(=O)C1CC(=O)N(c2cc(NC(=O)C(C)C)ccc2C)C1. The highest BCUT2D eigenvalue weighted by molar-refractivity contribution is 6.01. The number of carbonyl (C=O) groups excluding carboxylic acids is 3. The number of nitrogens with one attached hydrogen (secondary N) is 1. The predicted molar refractivity (Wildman–Crippen MR) is 87.1 cm³/mol. The summed E-state index contributed by atoms with van der Waals surface area (Å²) in [6, 6.07) is 5.43. The molecule has 2 rings (SSSR count). The summed E-state index contributed by atoms with van der Waals surface area (Å²) in [5.41, 5.74) is 2.26. The molecular formula is C17H22N2O4. The number of hydrogen-bond donors (Lipinski definition) is 1. The summed E-state index contributed by atoms with van der Waals surface area (Å²) in [4.78, 5) is 37.3. The van der Waals surface area contributed by atoms with Crippen molar-refractivity contribution in [2.75, 3.05) is 23.9 Å². The molecule has 1 aromatic carbocycles. The highest BCUT2D eigenvalue weighted by Gasteiger charge is 2.36. The monoisotopic (exact) mass is 318 g/mol. The Morgan fingerprint density at radius 2 is 2.04 bits per heavy atom. The lowest BCUT2D eigenvalue weighted by Gasteiger charge is -2.20. The first-order valence-corrected chi connectivity index (χ1v) is 7.63. The normalized spacial score (nSPS) is 17.5. The second kappa shape index (κ2) is 6.81. The van der Waals surface area contributed by atoms with Crippen molar-refractivity contribution < 1.29 is 19.1 Å². The second-order valence-electron chi connectivity index (χ2n) is 6.07. The fourth-order valence-corrected chi connectivity index (χ4v) is 2.53. The number of carbonyl (C=O) groups is 3. The van der Waals surface area contributed by atoms with Crippen LogP contribution in [0.2, 0.25) is 0 Å². The minimum Gasteiger partial charge on any atom is -0.469 e. The maximum atomic E-state index is 12.2. The summed E-state index contributed by atoms with van der Waals surface area (Å²) in [5, 5.41) is 2.82. The number of methoxy groups -OCH3 is 1. The van der Waals surface area contributed by atoms with Crippen molar-refractivity contribution in [1.82, 2.24) is 0 Å². The van der Waals surface area contributed by atoms with Crippen LogP contribution in [0.4, 0.5) is 11.4 Å². The molecule has 6 heteroatoms. The van der Waals surface area contributed by atoms with E-state index in [1.54, 1.807) is 17.0 Å². The molecular weight excluding hydrogens is 296 g/mol. The Labute approximate surface area is 135 Å². The molecule has 1 heterocycles. The molecule has 1 N–H and O–H groups in total. The van der Waals surface area contributed by atoms with E-state index < -0.39 is 5.92 Å². The standard InChI is InChI=1S/C17H22N2O4/c1-10(2)16(21)18-13-6-5-11(3)14(8-13)19-9-12(7-15(19)20)17(22)23-4/h5-6,8,10,12H,7,9H2,1-4H3,(H,18,21). The van der Waals surface area contributed by atoms with Gasteiger partial charge >= 0.3 is 5.97 Å². The van der Waals surface area contributed by atoms with Crippen molar-refractivity contribution in [2.45, 2.75) is 27.2 Å². The van der Waals surface area contributed by atoms with Crippen LogP contribution in [0.1, 0.15) is 25.8 Å². The third-order valence-electron chi connectivity index (χ3n) is 3.95. The number of rotatable bonds is 4. The quantitative estimate of drug-likeness (QED) is 0.863. The van der Waals surface area contributed by atoms with Crippen molar-refractivity contribution in [1.29, 1.82) is 0 Å². The Bertz CT molecular complexity index is 639. The van der Waals surface area contributed by atoms with E-state index in [-0.39, 0.29) is 30.1 Å². The summed E-state index contributed by atoms with van der Waals surface area (Å²) in [6.45, 7) is 5.82. The number of hydrogen-bond acceptors (Lipinski definition) is 4. The molecule has 1 aliphatic heterocycles. The zero-order chi connectivity index (χ0) is 17.1. The van der Waals surface area contributed by atoms with Crippen LogP contribution in [0.5, 0.6) is 0 Å². The van der Waals surface area contributed by atoms with Crippen molar-refractivity contribution in [2.24, 2.45) is 11.8 Å². The number of ether oxygens (including phenoxy) is 1. The molecule has 23 heavy (non-hydrogen) atoms. The Hall–Kier alpha value is -2.37. The van der Waals surface area contributed by atoms with Gasteiger partial charge in [0.2, 0.25) is 11.8 Å². The van der Waals surface area contributed by atoms with Crippen LogP contribution >= 0.6 is 0 Å². The van der Waals surface area contributed by atoms with E-state index >= 15 is 0 Å². The van der Waals surface area contributed by atoms with Gasteiger partial charge in [0.25, 0.3) is 0 Å². The van der Waals surface area contributed by atoms with Gasteiger partial charge in [-0.3, -0.25) is 14.4 Å². The first kappa shape index (κ1) is 17.0. The van der Waals surface area contributed by atoms with Gasteiger partial charge in [0.1, 0.15) is 0 Å². The molecule has 124 valence electrons. The smallest absolute Gasteiger partial charge is 0.311 e. The van der Waals surface area contributed by atoms with Crippen LogP contribution in [0.3, 0.4) is 0 Å². The van der Waals surface area contributed by atoms with Crippen LogP contribution in [-0.2, 0) is 19.1 Å². The number of anilines is 2. The average molecular weight is 318 g/mol. The van der Waals surface area contributed by atoms with Gasteiger partial charge in [0.05, 0.1) is 13.0 Å². The van der Waals surface area contributed by atoms with E-state index in [9.17, 15) is 14.4 Å². The molecule has 1 aromatic rings. The van der Waals surface area contributed by atoms with Crippen molar-refractivity contribution in [3.05, 3.63) is 23.8 Å². The Morgan fingerprint density at radius 1 is 1.35 bits per heavy atom. The van der Waals surface area contributed by atoms with E-state index in [0.717, 1.165) is 5.56 Å². The van der Waals surface area contributed by atoms with Gasteiger partial charge < -0.3 is 15.0 Å². The van der Waals surface area contributed by atoms with Crippen LogP contribution in [0.15, 0.2) is 18.2 Å². The Kier molecular flexibility index (Phi) is 5.03. The fraction of sp³-hybridized carbons (Fsp3) is 0.471. The third kappa shape index (κ3) is 3.70. The Morgan fingerprint density at radius 3 is 2.65 bits per heavy atom. The molecule has 6 nitrogen and oxygen atoms in total. The molecule has 0 aromatic heterocycles. The van der Waals surface area contributed by atoms with Crippen LogP contribution in [-0.4, -0.2) is 31.4 Å². The molecule has 0 aliphatic carbocycles. The maximum absolute atomic E-state index is 12.2. The molecule has 1 unspecified atom stereocenters. The number of esters is 1. The lowest BCUT2D eigenvalue weighted by molar-refractivity contribution is -0.145. The first-order valence-electron chi connectivity index (χ1n) is 7.63. The van der Waals surface area contributed by atoms with Gasteiger partial charge in [-0.25, -0.2) is 0 Å². The first-order chi connectivity index (χ1) is 10.8.